The average molecular weight is 301 g/mol. The summed E-state index contributed by atoms with van der Waals surface area (Å²) in [6.45, 7) is 4.04. The number of nitrogens with zero attached hydrogens (tertiary/aromatic N) is 2. The zero-order valence-corrected chi connectivity index (χ0v) is 13.5. The van der Waals surface area contributed by atoms with Gasteiger partial charge in [-0.2, -0.15) is 0 Å². The lowest BCUT2D eigenvalue weighted by Crippen LogP contribution is -2.41. The molecule has 3 amide bonds. The van der Waals surface area contributed by atoms with Crippen LogP contribution in [-0.4, -0.2) is 27.4 Å². The molecule has 0 spiro atoms. The first-order valence-electron chi connectivity index (χ1n) is 7.98. The highest BCUT2D eigenvalue weighted by molar-refractivity contribution is 6.14. The molecule has 0 bridgehead atoms. The van der Waals surface area contributed by atoms with Gasteiger partial charge in [-0.15, -0.1) is 0 Å². The van der Waals surface area contributed by atoms with Gasteiger partial charge in [-0.05, 0) is 44.4 Å². The van der Waals surface area contributed by atoms with Crippen LogP contribution in [0.5, 0.6) is 0 Å². The minimum Gasteiger partial charge on any atom is -0.352 e. The van der Waals surface area contributed by atoms with Crippen molar-refractivity contribution in [3.63, 3.8) is 0 Å². The number of hydrogen-bond acceptors (Lipinski definition) is 2. The van der Waals surface area contributed by atoms with E-state index in [0.717, 1.165) is 42.6 Å². The van der Waals surface area contributed by atoms with Crippen molar-refractivity contribution >= 4 is 18.0 Å². The first-order valence-corrected chi connectivity index (χ1v) is 7.98. The molecule has 1 saturated carbocycles. The van der Waals surface area contributed by atoms with Crippen LogP contribution >= 0.6 is 0 Å². The monoisotopic (exact) mass is 301 g/mol. The van der Waals surface area contributed by atoms with Crippen molar-refractivity contribution in [1.29, 1.82) is 0 Å². The maximum atomic E-state index is 12.6. The fourth-order valence-electron chi connectivity index (χ4n) is 3.41. The van der Waals surface area contributed by atoms with Gasteiger partial charge < -0.3 is 9.88 Å². The first-order chi connectivity index (χ1) is 10.5. The Morgan fingerprint density at radius 3 is 2.45 bits per heavy atom. The van der Waals surface area contributed by atoms with Crippen LogP contribution in [0.2, 0.25) is 0 Å². The van der Waals surface area contributed by atoms with Gasteiger partial charge in [-0.1, -0.05) is 19.3 Å². The van der Waals surface area contributed by atoms with Gasteiger partial charge in [0.1, 0.15) is 5.70 Å². The molecule has 1 aliphatic carbocycles. The molecule has 2 aliphatic rings. The highest BCUT2D eigenvalue weighted by Gasteiger charge is 2.39. The Balaban J connectivity index is 1.86. The lowest BCUT2D eigenvalue weighted by molar-refractivity contribution is -0.124. The van der Waals surface area contributed by atoms with Crippen LogP contribution < -0.4 is 5.32 Å². The fraction of sp³-hybridized carbons (Fsp3) is 0.529. The largest absolute Gasteiger partial charge is 0.352 e. The third-order valence-electron chi connectivity index (χ3n) is 4.96. The molecule has 0 atom stereocenters. The molecule has 1 aliphatic heterocycles. The fourth-order valence-corrected chi connectivity index (χ4v) is 3.41. The summed E-state index contributed by atoms with van der Waals surface area (Å²) >= 11 is 0. The van der Waals surface area contributed by atoms with Gasteiger partial charge in [0.2, 0.25) is 0 Å². The molecule has 1 aromatic heterocycles. The summed E-state index contributed by atoms with van der Waals surface area (Å²) < 4.78 is 2.08. The first kappa shape index (κ1) is 14.9. The number of carbonyl (C=O) groups is 2. The normalized spacial score (nSPS) is 21.8. The molecule has 1 N–H and O–H groups in total. The Morgan fingerprint density at radius 2 is 1.86 bits per heavy atom. The SMILES string of the molecule is Cc1cc(/C=C2\NC(=O)N(C3CCCCC3)C2=O)c(C)n1C. The van der Waals surface area contributed by atoms with E-state index in [9.17, 15) is 9.59 Å². The molecule has 3 rings (SSSR count). The van der Waals surface area contributed by atoms with Crippen LogP contribution in [0.25, 0.3) is 6.08 Å². The number of nitrogens with one attached hydrogen (secondary N) is 1. The molecule has 0 aromatic carbocycles. The summed E-state index contributed by atoms with van der Waals surface area (Å²) in [6, 6.07) is 1.82. The van der Waals surface area contributed by atoms with E-state index in [4.69, 9.17) is 0 Å². The topological polar surface area (TPSA) is 54.3 Å². The van der Waals surface area contributed by atoms with Gasteiger partial charge in [0, 0.05) is 24.5 Å². The van der Waals surface area contributed by atoms with Crippen molar-refractivity contribution in [3.05, 3.63) is 28.7 Å². The molecule has 2 fully saturated rings. The quantitative estimate of drug-likeness (QED) is 0.674. The molecule has 1 aromatic rings. The third-order valence-corrected chi connectivity index (χ3v) is 4.96. The van der Waals surface area contributed by atoms with E-state index in [1.165, 1.54) is 11.3 Å². The summed E-state index contributed by atoms with van der Waals surface area (Å²) in [5, 5.41) is 2.74. The molecule has 1 saturated heterocycles. The van der Waals surface area contributed by atoms with Crippen molar-refractivity contribution < 1.29 is 9.59 Å². The lowest BCUT2D eigenvalue weighted by Gasteiger charge is -2.28. The van der Waals surface area contributed by atoms with Gasteiger partial charge in [0.05, 0.1) is 0 Å². The second kappa shape index (κ2) is 5.63. The molecule has 22 heavy (non-hydrogen) atoms. The number of amides is 3. The van der Waals surface area contributed by atoms with E-state index in [1.54, 1.807) is 6.08 Å². The van der Waals surface area contributed by atoms with Gasteiger partial charge >= 0.3 is 6.03 Å². The summed E-state index contributed by atoms with van der Waals surface area (Å²) in [7, 11) is 2.00. The molecule has 2 heterocycles. The van der Waals surface area contributed by atoms with Gasteiger partial charge in [0.25, 0.3) is 5.91 Å². The lowest BCUT2D eigenvalue weighted by atomic mass is 9.94. The maximum Gasteiger partial charge on any atom is 0.329 e. The zero-order chi connectivity index (χ0) is 15.9. The maximum absolute atomic E-state index is 12.6. The van der Waals surface area contributed by atoms with Crippen LogP contribution in [0.3, 0.4) is 0 Å². The zero-order valence-electron chi connectivity index (χ0n) is 13.5. The highest BCUT2D eigenvalue weighted by atomic mass is 16.2. The predicted octanol–water partition coefficient (Wildman–Crippen LogP) is 2.87. The second-order valence-corrected chi connectivity index (χ2v) is 6.34. The Morgan fingerprint density at radius 1 is 1.18 bits per heavy atom. The van der Waals surface area contributed by atoms with E-state index >= 15 is 0 Å². The van der Waals surface area contributed by atoms with Crippen LogP contribution in [-0.2, 0) is 11.8 Å². The Labute approximate surface area is 131 Å². The van der Waals surface area contributed by atoms with Crippen LogP contribution in [0, 0.1) is 13.8 Å². The molecule has 0 radical (unpaired) electrons. The summed E-state index contributed by atoms with van der Waals surface area (Å²) in [4.78, 5) is 26.2. The molecular formula is C17H23N3O2. The standard InChI is InChI=1S/C17H23N3O2/c1-11-9-13(12(2)19(11)3)10-15-16(21)20(17(22)18-15)14-7-5-4-6-8-14/h9-10,14H,4-8H2,1-3H3,(H,18,22)/b15-10-. The highest BCUT2D eigenvalue weighted by Crippen LogP contribution is 2.27. The smallest absolute Gasteiger partial charge is 0.329 e. The number of urea groups is 1. The Bertz CT molecular complexity index is 651. The number of carbonyl (C=O) groups excluding carboxylic acids is 2. The number of hydrogen-bond donors (Lipinski definition) is 1. The van der Waals surface area contributed by atoms with Gasteiger partial charge in [0.15, 0.2) is 0 Å². The van der Waals surface area contributed by atoms with Crippen molar-refractivity contribution in [1.82, 2.24) is 14.8 Å². The minimum absolute atomic E-state index is 0.0609. The Hall–Kier alpha value is -2.04. The number of rotatable bonds is 2. The number of aryl methyl sites for hydroxylation is 1. The van der Waals surface area contributed by atoms with E-state index in [0.29, 0.717) is 5.70 Å². The van der Waals surface area contributed by atoms with Crippen LogP contribution in [0.1, 0.15) is 49.1 Å². The number of aromatic nitrogens is 1. The van der Waals surface area contributed by atoms with Crippen molar-refractivity contribution in [3.8, 4) is 0 Å². The summed E-state index contributed by atoms with van der Waals surface area (Å²) in [5.41, 5.74) is 3.59. The van der Waals surface area contributed by atoms with Crippen LogP contribution in [0.15, 0.2) is 11.8 Å². The Kier molecular flexibility index (Phi) is 3.81. The van der Waals surface area contributed by atoms with Gasteiger partial charge in [-0.3, -0.25) is 9.69 Å². The second-order valence-electron chi connectivity index (χ2n) is 6.34. The van der Waals surface area contributed by atoms with Crippen LogP contribution in [0.4, 0.5) is 4.79 Å². The van der Waals surface area contributed by atoms with Crippen molar-refractivity contribution in [2.75, 3.05) is 0 Å². The third kappa shape index (κ3) is 2.45. The summed E-state index contributed by atoms with van der Waals surface area (Å²) in [6.07, 6.45) is 7.04. The summed E-state index contributed by atoms with van der Waals surface area (Å²) in [5.74, 6) is -0.183. The van der Waals surface area contributed by atoms with E-state index in [-0.39, 0.29) is 18.0 Å². The molecule has 5 nitrogen and oxygen atoms in total. The van der Waals surface area contributed by atoms with E-state index < -0.39 is 0 Å². The van der Waals surface area contributed by atoms with Crippen molar-refractivity contribution in [2.24, 2.45) is 7.05 Å². The average Bonchev–Trinajstić information content (AvgIpc) is 2.92. The van der Waals surface area contributed by atoms with Crippen molar-refractivity contribution in [2.45, 2.75) is 52.0 Å². The van der Waals surface area contributed by atoms with E-state index in [1.807, 2.05) is 27.0 Å². The molecular weight excluding hydrogens is 278 g/mol. The molecule has 118 valence electrons. The predicted molar refractivity (Wildman–Crippen MR) is 85.1 cm³/mol. The molecule has 5 heteroatoms. The molecule has 0 unspecified atom stereocenters. The van der Waals surface area contributed by atoms with E-state index in [2.05, 4.69) is 9.88 Å². The van der Waals surface area contributed by atoms with Gasteiger partial charge in [-0.25, -0.2) is 4.79 Å². The number of imide groups is 1. The minimum atomic E-state index is -0.270.